The molecule has 1 aliphatic rings. The van der Waals surface area contributed by atoms with Crippen LogP contribution >= 0.6 is 0 Å². The molecule has 0 amide bonds. The SMILES string of the molecule is CC1(C)CN(Cc2ccc(F)cc2)c2ccc(N)cc2O1. The predicted molar refractivity (Wildman–Crippen MR) is 83.0 cm³/mol. The Morgan fingerprint density at radius 3 is 2.62 bits per heavy atom. The Morgan fingerprint density at radius 1 is 1.19 bits per heavy atom. The molecular formula is C17H19FN2O. The molecule has 0 bridgehead atoms. The third-order valence-corrected chi connectivity index (χ3v) is 3.57. The first-order chi connectivity index (χ1) is 9.93. The van der Waals surface area contributed by atoms with Gasteiger partial charge >= 0.3 is 0 Å². The third kappa shape index (κ3) is 2.94. The van der Waals surface area contributed by atoms with Crippen molar-refractivity contribution in [3.63, 3.8) is 0 Å². The van der Waals surface area contributed by atoms with Crippen LogP contribution in [0.25, 0.3) is 0 Å². The number of nitrogen functional groups attached to an aromatic ring is 1. The van der Waals surface area contributed by atoms with Gasteiger partial charge in [-0.15, -0.1) is 0 Å². The van der Waals surface area contributed by atoms with Crippen LogP contribution in [0.2, 0.25) is 0 Å². The largest absolute Gasteiger partial charge is 0.484 e. The van der Waals surface area contributed by atoms with Crippen LogP contribution < -0.4 is 15.4 Å². The number of nitrogens with zero attached hydrogens (tertiary/aromatic N) is 1. The van der Waals surface area contributed by atoms with E-state index in [1.807, 2.05) is 30.3 Å². The highest BCUT2D eigenvalue weighted by Crippen LogP contribution is 2.38. The summed E-state index contributed by atoms with van der Waals surface area (Å²) in [6.45, 7) is 5.58. The number of fused-ring (bicyclic) bond motifs is 1. The molecule has 0 saturated carbocycles. The van der Waals surface area contributed by atoms with Gasteiger partial charge in [0.15, 0.2) is 0 Å². The molecule has 1 heterocycles. The van der Waals surface area contributed by atoms with Crippen LogP contribution in [0.4, 0.5) is 15.8 Å². The minimum absolute atomic E-state index is 0.214. The van der Waals surface area contributed by atoms with E-state index in [1.165, 1.54) is 12.1 Å². The smallest absolute Gasteiger partial charge is 0.145 e. The molecule has 0 radical (unpaired) electrons. The Balaban J connectivity index is 1.93. The number of ether oxygens (including phenoxy) is 1. The molecule has 0 aliphatic carbocycles. The third-order valence-electron chi connectivity index (χ3n) is 3.57. The molecule has 3 rings (SSSR count). The quantitative estimate of drug-likeness (QED) is 0.857. The van der Waals surface area contributed by atoms with Crippen molar-refractivity contribution in [2.24, 2.45) is 0 Å². The lowest BCUT2D eigenvalue weighted by molar-refractivity contribution is 0.104. The highest BCUT2D eigenvalue weighted by molar-refractivity contribution is 5.65. The lowest BCUT2D eigenvalue weighted by Gasteiger charge is -2.41. The van der Waals surface area contributed by atoms with Gasteiger partial charge in [-0.05, 0) is 43.7 Å². The van der Waals surface area contributed by atoms with E-state index < -0.39 is 0 Å². The molecule has 2 N–H and O–H groups in total. The van der Waals surface area contributed by atoms with Gasteiger partial charge in [0.1, 0.15) is 17.2 Å². The first-order valence-corrected chi connectivity index (χ1v) is 7.01. The van der Waals surface area contributed by atoms with E-state index >= 15 is 0 Å². The average Bonchev–Trinajstić information content (AvgIpc) is 2.39. The van der Waals surface area contributed by atoms with Crippen LogP contribution in [-0.2, 0) is 6.54 Å². The summed E-state index contributed by atoms with van der Waals surface area (Å²) >= 11 is 0. The summed E-state index contributed by atoms with van der Waals surface area (Å²) in [6.07, 6.45) is 0. The summed E-state index contributed by atoms with van der Waals surface area (Å²) < 4.78 is 19.0. The second-order valence-corrected chi connectivity index (χ2v) is 6.07. The van der Waals surface area contributed by atoms with Gasteiger partial charge in [0.2, 0.25) is 0 Å². The fourth-order valence-electron chi connectivity index (χ4n) is 2.70. The van der Waals surface area contributed by atoms with Gasteiger partial charge < -0.3 is 15.4 Å². The van der Waals surface area contributed by atoms with Gasteiger partial charge in [0, 0.05) is 18.3 Å². The average molecular weight is 286 g/mol. The highest BCUT2D eigenvalue weighted by Gasteiger charge is 2.31. The van der Waals surface area contributed by atoms with Crippen LogP contribution in [0, 0.1) is 5.82 Å². The highest BCUT2D eigenvalue weighted by atomic mass is 19.1. The summed E-state index contributed by atoms with van der Waals surface area (Å²) in [7, 11) is 0. The number of hydrogen-bond acceptors (Lipinski definition) is 3. The normalized spacial score (nSPS) is 16.2. The summed E-state index contributed by atoms with van der Waals surface area (Å²) in [5.41, 5.74) is 8.33. The second-order valence-electron chi connectivity index (χ2n) is 6.07. The topological polar surface area (TPSA) is 38.5 Å². The maximum Gasteiger partial charge on any atom is 0.145 e. The number of nitrogens with two attached hydrogens (primary N) is 1. The summed E-state index contributed by atoms with van der Waals surface area (Å²) in [4.78, 5) is 2.24. The summed E-state index contributed by atoms with van der Waals surface area (Å²) in [5.74, 6) is 0.586. The number of hydrogen-bond donors (Lipinski definition) is 1. The number of benzene rings is 2. The monoisotopic (exact) mass is 286 g/mol. The van der Waals surface area contributed by atoms with E-state index in [1.54, 1.807) is 0 Å². The van der Waals surface area contributed by atoms with Gasteiger partial charge in [-0.2, -0.15) is 0 Å². The molecule has 2 aromatic carbocycles. The second kappa shape index (κ2) is 4.95. The van der Waals surface area contributed by atoms with E-state index in [0.717, 1.165) is 23.5 Å². The van der Waals surface area contributed by atoms with E-state index in [2.05, 4.69) is 18.7 Å². The zero-order valence-corrected chi connectivity index (χ0v) is 12.3. The Hall–Kier alpha value is -2.23. The maximum atomic E-state index is 13.0. The fraction of sp³-hybridized carbons (Fsp3) is 0.294. The molecule has 0 saturated heterocycles. The predicted octanol–water partition coefficient (Wildman–Crippen LogP) is 3.59. The van der Waals surface area contributed by atoms with Gasteiger partial charge in [-0.1, -0.05) is 12.1 Å². The molecule has 110 valence electrons. The van der Waals surface area contributed by atoms with Crippen molar-refractivity contribution in [1.82, 2.24) is 0 Å². The molecule has 0 atom stereocenters. The Morgan fingerprint density at radius 2 is 1.90 bits per heavy atom. The van der Waals surface area contributed by atoms with Crippen LogP contribution in [0.5, 0.6) is 5.75 Å². The van der Waals surface area contributed by atoms with Crippen molar-refractivity contribution in [2.75, 3.05) is 17.2 Å². The first-order valence-electron chi connectivity index (χ1n) is 7.01. The lowest BCUT2D eigenvalue weighted by atomic mass is 10.0. The van der Waals surface area contributed by atoms with Gasteiger partial charge in [0.25, 0.3) is 0 Å². The standard InChI is InChI=1S/C17H19FN2O/c1-17(2)11-20(10-12-3-5-13(18)6-4-12)15-8-7-14(19)9-16(15)21-17/h3-9H,10-11,19H2,1-2H3. The Bertz CT molecular complexity index is 652. The van der Waals surface area contributed by atoms with Crippen molar-refractivity contribution < 1.29 is 9.13 Å². The fourth-order valence-corrected chi connectivity index (χ4v) is 2.70. The van der Waals surface area contributed by atoms with E-state index in [4.69, 9.17) is 10.5 Å². The molecule has 3 nitrogen and oxygen atoms in total. The molecule has 1 aliphatic heterocycles. The molecule has 0 unspecified atom stereocenters. The zero-order valence-electron chi connectivity index (χ0n) is 12.3. The van der Waals surface area contributed by atoms with Crippen molar-refractivity contribution in [3.8, 4) is 5.75 Å². The number of halogens is 1. The van der Waals surface area contributed by atoms with Gasteiger partial charge in [-0.3, -0.25) is 0 Å². The van der Waals surface area contributed by atoms with Crippen LogP contribution in [0.3, 0.4) is 0 Å². The summed E-state index contributed by atoms with van der Waals surface area (Å²) in [5, 5.41) is 0. The molecule has 2 aromatic rings. The van der Waals surface area contributed by atoms with Crippen molar-refractivity contribution in [3.05, 3.63) is 53.8 Å². The van der Waals surface area contributed by atoms with Crippen LogP contribution in [0.15, 0.2) is 42.5 Å². The van der Waals surface area contributed by atoms with Crippen LogP contribution in [0.1, 0.15) is 19.4 Å². The number of anilines is 2. The van der Waals surface area contributed by atoms with Gasteiger partial charge in [0.05, 0.1) is 12.2 Å². The minimum atomic E-state index is -0.291. The molecule has 0 spiro atoms. The van der Waals surface area contributed by atoms with E-state index in [-0.39, 0.29) is 11.4 Å². The van der Waals surface area contributed by atoms with Crippen molar-refractivity contribution in [2.45, 2.75) is 26.0 Å². The van der Waals surface area contributed by atoms with Crippen molar-refractivity contribution >= 4 is 11.4 Å². The van der Waals surface area contributed by atoms with E-state index in [0.29, 0.717) is 12.2 Å². The minimum Gasteiger partial charge on any atom is -0.484 e. The van der Waals surface area contributed by atoms with Crippen molar-refractivity contribution in [1.29, 1.82) is 0 Å². The van der Waals surface area contributed by atoms with Crippen LogP contribution in [-0.4, -0.2) is 12.1 Å². The molecule has 4 heteroatoms. The molecule has 0 aromatic heterocycles. The molecule has 0 fully saturated rings. The van der Waals surface area contributed by atoms with E-state index in [9.17, 15) is 4.39 Å². The molecular weight excluding hydrogens is 267 g/mol. The lowest BCUT2D eigenvalue weighted by Crippen LogP contribution is -2.46. The number of rotatable bonds is 2. The first kappa shape index (κ1) is 13.7. The Labute approximate surface area is 124 Å². The Kier molecular flexibility index (Phi) is 3.24. The maximum absolute atomic E-state index is 13.0. The van der Waals surface area contributed by atoms with Gasteiger partial charge in [-0.25, -0.2) is 4.39 Å². The zero-order chi connectivity index (χ0) is 15.0. The summed E-state index contributed by atoms with van der Waals surface area (Å²) in [6, 6.07) is 12.3. The molecule has 21 heavy (non-hydrogen) atoms.